The van der Waals surface area contributed by atoms with Crippen molar-refractivity contribution in [3.8, 4) is 5.75 Å². The first-order chi connectivity index (χ1) is 12.6. The molecule has 130 valence electrons. The molecule has 0 aliphatic rings. The van der Waals surface area contributed by atoms with Crippen molar-refractivity contribution in [2.24, 2.45) is 0 Å². The Morgan fingerprint density at radius 2 is 1.88 bits per heavy atom. The molecule has 0 bridgehead atoms. The average Bonchev–Trinajstić information content (AvgIpc) is 2.63. The molecule has 0 saturated carbocycles. The molecular weight excluding hydrogens is 354 g/mol. The molecule has 0 unspecified atom stereocenters. The van der Waals surface area contributed by atoms with Gasteiger partial charge in [-0.05, 0) is 31.2 Å². The van der Waals surface area contributed by atoms with E-state index < -0.39 is 0 Å². The highest BCUT2D eigenvalue weighted by Gasteiger charge is 2.09. The number of aromatic nitrogens is 4. The number of aryl methyl sites for hydroxylation is 1. The third kappa shape index (κ3) is 3.04. The van der Waals surface area contributed by atoms with Crippen molar-refractivity contribution < 1.29 is 4.74 Å². The number of hydrogen-bond acceptors (Lipinski definition) is 6. The molecule has 2 aromatic carbocycles. The normalized spacial score (nSPS) is 11.0. The lowest BCUT2D eigenvalue weighted by molar-refractivity contribution is 0.388. The maximum Gasteiger partial charge on any atom is 0.260 e. The summed E-state index contributed by atoms with van der Waals surface area (Å²) in [6, 6.07) is 12.7. The van der Waals surface area contributed by atoms with Gasteiger partial charge in [-0.3, -0.25) is 15.1 Å². The van der Waals surface area contributed by atoms with Crippen LogP contribution in [0.25, 0.3) is 21.8 Å². The van der Waals surface area contributed by atoms with Crippen molar-refractivity contribution in [2.45, 2.75) is 6.92 Å². The first-order valence-corrected chi connectivity index (χ1v) is 8.41. The summed E-state index contributed by atoms with van der Waals surface area (Å²) in [5.74, 6) is 1.14. The van der Waals surface area contributed by atoms with E-state index in [0.29, 0.717) is 22.6 Å². The second-order valence-electron chi connectivity index (χ2n) is 5.62. The number of fused-ring (bicyclic) bond motifs is 2. The van der Waals surface area contributed by atoms with Crippen molar-refractivity contribution in [1.82, 2.24) is 19.9 Å². The minimum atomic E-state index is -0.296. The Hall–Kier alpha value is -3.19. The van der Waals surface area contributed by atoms with Gasteiger partial charge < -0.3 is 4.74 Å². The van der Waals surface area contributed by atoms with Crippen LogP contribution in [0, 0.1) is 6.92 Å². The first kappa shape index (κ1) is 16.3. The van der Waals surface area contributed by atoms with Gasteiger partial charge in [0.25, 0.3) is 5.56 Å². The summed E-state index contributed by atoms with van der Waals surface area (Å²) in [6.07, 6.45) is 0. The fourth-order valence-corrected chi connectivity index (χ4v) is 2.85. The molecule has 0 aliphatic heterocycles. The molecule has 0 atom stereocenters. The number of rotatable bonds is 4. The Bertz CT molecular complexity index is 1180. The molecule has 0 aliphatic carbocycles. The maximum atomic E-state index is 12.4. The predicted molar refractivity (Wildman–Crippen MR) is 101 cm³/mol. The Kier molecular flexibility index (Phi) is 4.14. The zero-order chi connectivity index (χ0) is 18.1. The van der Waals surface area contributed by atoms with Crippen LogP contribution in [-0.2, 0) is 0 Å². The maximum absolute atomic E-state index is 12.4. The van der Waals surface area contributed by atoms with Gasteiger partial charge in [-0.25, -0.2) is 15.0 Å². The van der Waals surface area contributed by atoms with Crippen molar-refractivity contribution in [1.29, 1.82) is 0 Å². The summed E-state index contributed by atoms with van der Waals surface area (Å²) in [4.78, 5) is 28.3. The van der Waals surface area contributed by atoms with Crippen LogP contribution in [-0.4, -0.2) is 26.0 Å². The molecule has 4 aromatic rings. The second kappa shape index (κ2) is 6.61. The largest absolute Gasteiger partial charge is 0.478 e. The lowest BCUT2D eigenvalue weighted by Gasteiger charge is -2.08. The van der Waals surface area contributed by atoms with E-state index in [1.807, 2.05) is 31.2 Å². The molecule has 0 amide bonds. The summed E-state index contributed by atoms with van der Waals surface area (Å²) < 4.78 is 5.20. The molecule has 2 aromatic heterocycles. The predicted octanol–water partition coefficient (Wildman–Crippen LogP) is 3.49. The smallest absolute Gasteiger partial charge is 0.260 e. The van der Waals surface area contributed by atoms with Gasteiger partial charge in [-0.15, -0.1) is 0 Å². The summed E-state index contributed by atoms with van der Waals surface area (Å²) >= 11 is 5.55. The number of aromatic amines is 1. The Labute approximate surface area is 153 Å². The Balaban J connectivity index is 1.73. The van der Waals surface area contributed by atoms with E-state index in [2.05, 4.69) is 25.3 Å². The van der Waals surface area contributed by atoms with Crippen LogP contribution in [0.1, 0.15) is 5.69 Å². The molecule has 0 saturated heterocycles. The van der Waals surface area contributed by atoms with Crippen LogP contribution in [0.15, 0.2) is 47.3 Å². The number of anilines is 2. The topological polar surface area (TPSA) is 92.8 Å². The van der Waals surface area contributed by atoms with Crippen LogP contribution >= 0.6 is 11.6 Å². The zero-order valence-corrected chi connectivity index (χ0v) is 14.5. The molecule has 8 heteroatoms. The minimum absolute atomic E-state index is 0.00906. The summed E-state index contributed by atoms with van der Waals surface area (Å²) in [5, 5.41) is 4.36. The van der Waals surface area contributed by atoms with Gasteiger partial charge >= 0.3 is 0 Å². The Morgan fingerprint density at radius 3 is 2.73 bits per heavy atom. The zero-order valence-electron chi connectivity index (χ0n) is 13.8. The van der Waals surface area contributed by atoms with E-state index in [-0.39, 0.29) is 17.6 Å². The standard InChI is InChI=1S/C18H14ClN5O2/c1-10-12-4-2-3-5-14(12)21-17(20-10)24-18-22-15-7-6-11(26-9-19)8-13(15)16(25)23-18/h2-8H,9H2,1H3,(H2,20,21,22,23,24,25). The van der Waals surface area contributed by atoms with Gasteiger partial charge in [-0.2, -0.15) is 0 Å². The molecule has 0 fully saturated rings. The summed E-state index contributed by atoms with van der Waals surface area (Å²) in [7, 11) is 0. The first-order valence-electron chi connectivity index (χ1n) is 7.87. The Morgan fingerprint density at radius 1 is 1.08 bits per heavy atom. The van der Waals surface area contributed by atoms with Gasteiger partial charge in [0.2, 0.25) is 11.9 Å². The number of hydrogen-bond donors (Lipinski definition) is 2. The van der Waals surface area contributed by atoms with E-state index in [0.717, 1.165) is 16.6 Å². The van der Waals surface area contributed by atoms with Crippen molar-refractivity contribution in [2.75, 3.05) is 11.4 Å². The molecule has 4 rings (SSSR count). The average molecular weight is 368 g/mol. The molecule has 0 radical (unpaired) electrons. The van der Waals surface area contributed by atoms with E-state index in [1.165, 1.54) is 0 Å². The highest BCUT2D eigenvalue weighted by Crippen LogP contribution is 2.20. The van der Waals surface area contributed by atoms with Crippen molar-refractivity contribution >= 4 is 45.3 Å². The van der Waals surface area contributed by atoms with E-state index >= 15 is 0 Å². The lowest BCUT2D eigenvalue weighted by atomic mass is 10.2. The van der Waals surface area contributed by atoms with Gasteiger partial charge in [0.05, 0.1) is 22.1 Å². The number of ether oxygens (including phenoxy) is 1. The fourth-order valence-electron chi connectivity index (χ4n) is 2.73. The van der Waals surface area contributed by atoms with Gasteiger partial charge in [-0.1, -0.05) is 29.8 Å². The van der Waals surface area contributed by atoms with E-state index in [9.17, 15) is 4.79 Å². The molecular formula is C18H14ClN5O2. The van der Waals surface area contributed by atoms with Crippen LogP contribution < -0.4 is 15.6 Å². The SMILES string of the molecule is Cc1nc(Nc2nc3ccc(OCCl)cc3c(=O)[nH]2)nc2ccccc12. The van der Waals surface area contributed by atoms with Crippen molar-refractivity contribution in [3.63, 3.8) is 0 Å². The third-order valence-electron chi connectivity index (χ3n) is 3.92. The molecule has 2 N–H and O–H groups in total. The minimum Gasteiger partial charge on any atom is -0.478 e. The monoisotopic (exact) mass is 367 g/mol. The number of para-hydroxylation sites is 1. The van der Waals surface area contributed by atoms with Gasteiger partial charge in [0.15, 0.2) is 6.07 Å². The molecule has 26 heavy (non-hydrogen) atoms. The van der Waals surface area contributed by atoms with Crippen LogP contribution in [0.5, 0.6) is 5.75 Å². The number of alkyl halides is 1. The number of halogens is 1. The summed E-state index contributed by atoms with van der Waals surface area (Å²) in [5.41, 5.74) is 1.88. The highest BCUT2D eigenvalue weighted by molar-refractivity contribution is 6.17. The number of H-pyrrole nitrogens is 1. The van der Waals surface area contributed by atoms with Gasteiger partial charge in [0, 0.05) is 5.39 Å². The summed E-state index contributed by atoms with van der Waals surface area (Å²) in [6.45, 7) is 1.91. The molecule has 0 spiro atoms. The lowest BCUT2D eigenvalue weighted by Crippen LogP contribution is -2.12. The number of nitrogens with zero attached hydrogens (tertiary/aromatic N) is 3. The van der Waals surface area contributed by atoms with Crippen molar-refractivity contribution in [3.05, 3.63) is 58.5 Å². The van der Waals surface area contributed by atoms with Crippen LogP contribution in [0.2, 0.25) is 0 Å². The number of benzene rings is 2. The fraction of sp³-hybridized carbons (Fsp3) is 0.111. The van der Waals surface area contributed by atoms with Gasteiger partial charge in [0.1, 0.15) is 5.75 Å². The number of nitrogens with one attached hydrogen (secondary N) is 2. The third-order valence-corrected chi connectivity index (χ3v) is 4.03. The molecule has 2 heterocycles. The van der Waals surface area contributed by atoms with E-state index in [1.54, 1.807) is 18.2 Å². The molecule has 7 nitrogen and oxygen atoms in total. The van der Waals surface area contributed by atoms with Crippen LogP contribution in [0.3, 0.4) is 0 Å². The van der Waals surface area contributed by atoms with E-state index in [4.69, 9.17) is 16.3 Å². The highest BCUT2D eigenvalue weighted by atomic mass is 35.5. The van der Waals surface area contributed by atoms with Crippen LogP contribution in [0.4, 0.5) is 11.9 Å². The quantitative estimate of drug-likeness (QED) is 0.536. The second-order valence-corrected chi connectivity index (χ2v) is 5.84.